The Balaban J connectivity index is 2.62. The zero-order valence-corrected chi connectivity index (χ0v) is 10.4. The first kappa shape index (κ1) is 14.1. The summed E-state index contributed by atoms with van der Waals surface area (Å²) in [5.41, 5.74) is -0.0727. The van der Waals surface area contributed by atoms with Gasteiger partial charge >= 0.3 is 0 Å². The van der Waals surface area contributed by atoms with E-state index in [0.717, 1.165) is 5.56 Å². The number of ether oxygens (including phenoxy) is 2. The molecule has 0 unspecified atom stereocenters. The number of rotatable bonds is 6. The van der Waals surface area contributed by atoms with Crippen molar-refractivity contribution in [3.05, 3.63) is 35.6 Å². The summed E-state index contributed by atoms with van der Waals surface area (Å²) in [5.74, 6) is -0.278. The molecule has 1 atom stereocenters. The fourth-order valence-corrected chi connectivity index (χ4v) is 1.74. The fourth-order valence-electron chi connectivity index (χ4n) is 1.74. The zero-order chi connectivity index (χ0) is 12.9. The van der Waals surface area contributed by atoms with E-state index >= 15 is 0 Å². The molecule has 0 fully saturated rings. The van der Waals surface area contributed by atoms with Gasteiger partial charge in [0.2, 0.25) is 0 Å². The minimum atomic E-state index is -0.950. The summed E-state index contributed by atoms with van der Waals surface area (Å²) in [5, 5.41) is 10.2. The van der Waals surface area contributed by atoms with E-state index in [1.807, 2.05) is 0 Å². The lowest BCUT2D eigenvalue weighted by Crippen LogP contribution is -2.34. The number of hydrogen-bond acceptors (Lipinski definition) is 3. The van der Waals surface area contributed by atoms with E-state index < -0.39 is 11.9 Å². The first-order chi connectivity index (χ1) is 7.96. The van der Waals surface area contributed by atoms with Crippen molar-refractivity contribution in [1.82, 2.24) is 0 Å². The van der Waals surface area contributed by atoms with Gasteiger partial charge in [-0.3, -0.25) is 0 Å². The number of methoxy groups -OCH3 is 2. The molecule has 3 nitrogen and oxygen atoms in total. The Kier molecular flexibility index (Phi) is 5.05. The standard InChI is InChI=1S/C13H19FO3/c1-13(15,9-12(16-2)17-3)8-10-4-6-11(14)7-5-10/h4-7,12,15H,8-9H2,1-3H3/t13-/m1/s1. The molecule has 0 aliphatic rings. The molecule has 0 bridgehead atoms. The van der Waals surface area contributed by atoms with Gasteiger partial charge in [0.15, 0.2) is 6.29 Å². The highest BCUT2D eigenvalue weighted by Crippen LogP contribution is 2.20. The van der Waals surface area contributed by atoms with Crippen LogP contribution in [0.25, 0.3) is 0 Å². The van der Waals surface area contributed by atoms with Crippen LogP contribution in [-0.4, -0.2) is 31.2 Å². The van der Waals surface area contributed by atoms with Crippen LogP contribution in [-0.2, 0) is 15.9 Å². The first-order valence-electron chi connectivity index (χ1n) is 5.49. The molecule has 0 heterocycles. The van der Waals surface area contributed by atoms with E-state index in [0.29, 0.717) is 12.8 Å². The van der Waals surface area contributed by atoms with Crippen molar-refractivity contribution in [2.75, 3.05) is 14.2 Å². The molecule has 0 saturated carbocycles. The van der Waals surface area contributed by atoms with E-state index in [-0.39, 0.29) is 5.82 Å². The van der Waals surface area contributed by atoms with Crippen molar-refractivity contribution in [3.63, 3.8) is 0 Å². The third kappa shape index (κ3) is 4.81. The highest BCUT2D eigenvalue weighted by atomic mass is 19.1. The molecule has 4 heteroatoms. The Morgan fingerprint density at radius 1 is 1.24 bits per heavy atom. The van der Waals surface area contributed by atoms with E-state index in [4.69, 9.17) is 9.47 Å². The summed E-state index contributed by atoms with van der Waals surface area (Å²) >= 11 is 0. The molecule has 0 amide bonds. The first-order valence-corrected chi connectivity index (χ1v) is 5.49. The topological polar surface area (TPSA) is 38.7 Å². The molecule has 1 aromatic carbocycles. The van der Waals surface area contributed by atoms with Crippen LogP contribution in [0, 0.1) is 5.82 Å². The molecule has 1 N–H and O–H groups in total. The largest absolute Gasteiger partial charge is 0.390 e. The van der Waals surface area contributed by atoms with Gasteiger partial charge in [0.1, 0.15) is 5.82 Å². The number of benzene rings is 1. The van der Waals surface area contributed by atoms with Crippen LogP contribution in [0.5, 0.6) is 0 Å². The number of aliphatic hydroxyl groups is 1. The van der Waals surface area contributed by atoms with Gasteiger partial charge in [-0.25, -0.2) is 4.39 Å². The van der Waals surface area contributed by atoms with Crippen LogP contribution in [0.4, 0.5) is 4.39 Å². The highest BCUT2D eigenvalue weighted by Gasteiger charge is 2.25. The van der Waals surface area contributed by atoms with Crippen LogP contribution < -0.4 is 0 Å². The Labute approximate surface area is 101 Å². The van der Waals surface area contributed by atoms with E-state index in [2.05, 4.69) is 0 Å². The normalized spacial score (nSPS) is 14.9. The van der Waals surface area contributed by atoms with Crippen LogP contribution in [0.3, 0.4) is 0 Å². The molecule has 0 spiro atoms. The van der Waals surface area contributed by atoms with Gasteiger partial charge in [0.05, 0.1) is 5.60 Å². The summed E-state index contributed by atoms with van der Waals surface area (Å²) in [4.78, 5) is 0. The smallest absolute Gasteiger partial charge is 0.159 e. The van der Waals surface area contributed by atoms with Gasteiger partial charge in [-0.15, -0.1) is 0 Å². The third-order valence-electron chi connectivity index (χ3n) is 2.63. The lowest BCUT2D eigenvalue weighted by atomic mass is 9.93. The van der Waals surface area contributed by atoms with Crippen LogP contribution in [0.15, 0.2) is 24.3 Å². The van der Waals surface area contributed by atoms with Gasteiger partial charge in [0, 0.05) is 27.1 Å². The number of hydrogen-bond donors (Lipinski definition) is 1. The van der Waals surface area contributed by atoms with Crippen molar-refractivity contribution in [1.29, 1.82) is 0 Å². The van der Waals surface area contributed by atoms with Crippen molar-refractivity contribution in [2.45, 2.75) is 31.7 Å². The van der Waals surface area contributed by atoms with Crippen LogP contribution >= 0.6 is 0 Å². The maximum absolute atomic E-state index is 12.7. The predicted molar refractivity (Wildman–Crippen MR) is 63.2 cm³/mol. The Hall–Kier alpha value is -0.970. The predicted octanol–water partition coefficient (Wildman–Crippen LogP) is 2.13. The van der Waals surface area contributed by atoms with Crippen molar-refractivity contribution in [2.24, 2.45) is 0 Å². The Bertz CT molecular complexity index is 331. The minimum Gasteiger partial charge on any atom is -0.390 e. The van der Waals surface area contributed by atoms with Crippen LogP contribution in [0.1, 0.15) is 18.9 Å². The van der Waals surface area contributed by atoms with E-state index in [1.165, 1.54) is 26.4 Å². The maximum atomic E-state index is 12.7. The lowest BCUT2D eigenvalue weighted by molar-refractivity contribution is -0.139. The summed E-state index contributed by atoms with van der Waals surface area (Å²) in [7, 11) is 3.06. The van der Waals surface area contributed by atoms with E-state index in [1.54, 1.807) is 19.1 Å². The molecule has 17 heavy (non-hydrogen) atoms. The average molecular weight is 242 g/mol. The second-order valence-electron chi connectivity index (χ2n) is 4.41. The second kappa shape index (κ2) is 6.10. The average Bonchev–Trinajstić information content (AvgIpc) is 2.29. The summed E-state index contributed by atoms with van der Waals surface area (Å²) in [6.07, 6.45) is 0.346. The van der Waals surface area contributed by atoms with E-state index in [9.17, 15) is 9.50 Å². The molecule has 0 aromatic heterocycles. The quantitative estimate of drug-likeness (QED) is 0.777. The molecule has 0 aliphatic heterocycles. The lowest BCUT2D eigenvalue weighted by Gasteiger charge is -2.27. The molecule has 0 saturated heterocycles. The highest BCUT2D eigenvalue weighted by molar-refractivity contribution is 5.17. The molecule has 0 radical (unpaired) electrons. The molecule has 1 aromatic rings. The molecule has 0 aliphatic carbocycles. The van der Waals surface area contributed by atoms with Gasteiger partial charge in [-0.1, -0.05) is 12.1 Å². The third-order valence-corrected chi connectivity index (χ3v) is 2.63. The Morgan fingerprint density at radius 3 is 2.24 bits per heavy atom. The van der Waals surface area contributed by atoms with Crippen molar-refractivity contribution < 1.29 is 19.0 Å². The molecule has 96 valence electrons. The van der Waals surface area contributed by atoms with Crippen molar-refractivity contribution >= 4 is 0 Å². The summed E-state index contributed by atoms with van der Waals surface area (Å²) in [6.45, 7) is 1.71. The SMILES string of the molecule is COC(C[C@](C)(O)Cc1ccc(F)cc1)OC. The van der Waals surface area contributed by atoms with Gasteiger partial charge in [-0.2, -0.15) is 0 Å². The summed E-state index contributed by atoms with van der Waals surface area (Å²) < 4.78 is 22.8. The molecule has 1 rings (SSSR count). The van der Waals surface area contributed by atoms with Crippen molar-refractivity contribution in [3.8, 4) is 0 Å². The maximum Gasteiger partial charge on any atom is 0.159 e. The molecular weight excluding hydrogens is 223 g/mol. The van der Waals surface area contributed by atoms with Gasteiger partial charge in [-0.05, 0) is 24.6 Å². The van der Waals surface area contributed by atoms with Gasteiger partial charge in [0.25, 0.3) is 0 Å². The number of halogens is 1. The zero-order valence-electron chi connectivity index (χ0n) is 10.4. The van der Waals surface area contributed by atoms with Gasteiger partial charge < -0.3 is 14.6 Å². The second-order valence-corrected chi connectivity index (χ2v) is 4.41. The Morgan fingerprint density at radius 2 is 1.76 bits per heavy atom. The molecular formula is C13H19FO3. The van der Waals surface area contributed by atoms with Crippen LogP contribution in [0.2, 0.25) is 0 Å². The minimum absolute atomic E-state index is 0.278. The fraction of sp³-hybridized carbons (Fsp3) is 0.538. The summed E-state index contributed by atoms with van der Waals surface area (Å²) in [6, 6.07) is 6.10. The monoisotopic (exact) mass is 242 g/mol.